The largest absolute Gasteiger partial charge is 0.497 e. The quantitative estimate of drug-likeness (QED) is 0.764. The van der Waals surface area contributed by atoms with Gasteiger partial charge in [0, 0.05) is 11.8 Å². The van der Waals surface area contributed by atoms with Crippen LogP contribution in [0.4, 0.5) is 0 Å². The molecule has 0 aromatic heterocycles. The number of hydrogen-bond acceptors (Lipinski definition) is 3. The molecule has 0 saturated heterocycles. The number of aliphatic imine (C=N–C) groups is 1. The lowest BCUT2D eigenvalue weighted by molar-refractivity contribution is 0.415. The van der Waals surface area contributed by atoms with Crippen LogP contribution in [-0.4, -0.2) is 19.0 Å². The van der Waals surface area contributed by atoms with E-state index in [0.29, 0.717) is 0 Å². The van der Waals surface area contributed by atoms with Gasteiger partial charge in [-0.15, -0.1) is 0 Å². The summed E-state index contributed by atoms with van der Waals surface area (Å²) in [5.41, 5.74) is 0.986. The van der Waals surface area contributed by atoms with Crippen LogP contribution in [0.25, 0.3) is 0 Å². The molecule has 0 amide bonds. The zero-order valence-corrected chi connectivity index (χ0v) is 10.6. The molecule has 0 bridgehead atoms. The minimum atomic E-state index is 0.120. The highest BCUT2D eigenvalue weighted by atomic mass is 16.5. The SMILES string of the molecule is COc1ccc(C#CC2CC=CN=C(C)N2)cc1. The lowest BCUT2D eigenvalue weighted by Gasteiger charge is -2.09. The van der Waals surface area contributed by atoms with Gasteiger partial charge in [0.05, 0.1) is 19.0 Å². The number of methoxy groups -OCH3 is 1. The summed E-state index contributed by atoms with van der Waals surface area (Å²) in [4.78, 5) is 4.19. The number of amidine groups is 1. The molecular formula is C15H16N2O. The third-order valence-electron chi connectivity index (χ3n) is 2.61. The summed E-state index contributed by atoms with van der Waals surface area (Å²) in [5.74, 6) is 8.12. The Hall–Kier alpha value is -2.21. The van der Waals surface area contributed by atoms with E-state index < -0.39 is 0 Å². The average molecular weight is 240 g/mol. The molecule has 3 heteroatoms. The number of rotatable bonds is 1. The second-order valence-electron chi connectivity index (χ2n) is 4.03. The van der Waals surface area contributed by atoms with Crippen molar-refractivity contribution >= 4 is 5.84 Å². The number of benzene rings is 1. The first-order valence-electron chi connectivity index (χ1n) is 5.89. The molecule has 1 unspecified atom stereocenters. The molecule has 0 saturated carbocycles. The molecule has 0 spiro atoms. The highest BCUT2D eigenvalue weighted by molar-refractivity contribution is 5.81. The van der Waals surface area contributed by atoms with Crippen LogP contribution in [-0.2, 0) is 0 Å². The maximum atomic E-state index is 5.11. The highest BCUT2D eigenvalue weighted by Crippen LogP contribution is 2.10. The van der Waals surface area contributed by atoms with E-state index in [-0.39, 0.29) is 6.04 Å². The third-order valence-corrected chi connectivity index (χ3v) is 2.61. The van der Waals surface area contributed by atoms with Crippen LogP contribution in [0, 0.1) is 11.8 Å². The van der Waals surface area contributed by atoms with Crippen LogP contribution >= 0.6 is 0 Å². The minimum Gasteiger partial charge on any atom is -0.497 e. The number of ether oxygens (including phenoxy) is 1. The molecular weight excluding hydrogens is 224 g/mol. The molecule has 1 N–H and O–H groups in total. The summed E-state index contributed by atoms with van der Waals surface area (Å²) in [6, 6.07) is 7.86. The molecule has 92 valence electrons. The normalized spacial score (nSPS) is 17.9. The minimum absolute atomic E-state index is 0.120. The summed E-state index contributed by atoms with van der Waals surface area (Å²) < 4.78 is 5.11. The molecule has 1 atom stereocenters. The van der Waals surface area contributed by atoms with Gasteiger partial charge >= 0.3 is 0 Å². The van der Waals surface area contributed by atoms with Gasteiger partial charge in [-0.2, -0.15) is 0 Å². The van der Waals surface area contributed by atoms with Crippen molar-refractivity contribution in [1.82, 2.24) is 5.32 Å². The maximum Gasteiger partial charge on any atom is 0.118 e. The molecule has 2 rings (SSSR count). The van der Waals surface area contributed by atoms with Crippen molar-refractivity contribution in [3.63, 3.8) is 0 Å². The predicted molar refractivity (Wildman–Crippen MR) is 73.7 cm³/mol. The zero-order valence-electron chi connectivity index (χ0n) is 10.6. The van der Waals surface area contributed by atoms with Gasteiger partial charge in [-0.05, 0) is 37.6 Å². The van der Waals surface area contributed by atoms with Crippen LogP contribution in [0.5, 0.6) is 5.75 Å². The average Bonchev–Trinajstić information content (AvgIpc) is 2.61. The van der Waals surface area contributed by atoms with Crippen molar-refractivity contribution in [2.45, 2.75) is 19.4 Å². The van der Waals surface area contributed by atoms with Crippen molar-refractivity contribution in [2.75, 3.05) is 7.11 Å². The summed E-state index contributed by atoms with van der Waals surface area (Å²) in [5, 5.41) is 3.26. The van der Waals surface area contributed by atoms with Crippen LogP contribution in [0.3, 0.4) is 0 Å². The standard InChI is InChI=1S/C15H16N2O/c1-12-16-11-3-4-14(17-12)8-5-13-6-9-15(18-2)10-7-13/h3,6-7,9-11,14H,4H2,1-2H3,(H,16,17). The monoisotopic (exact) mass is 240 g/mol. The van der Waals surface area contributed by atoms with E-state index in [1.54, 1.807) is 7.11 Å². The molecule has 3 nitrogen and oxygen atoms in total. The van der Waals surface area contributed by atoms with Gasteiger partial charge in [0.25, 0.3) is 0 Å². The Labute approximate surface area is 108 Å². The summed E-state index contributed by atoms with van der Waals surface area (Å²) in [7, 11) is 1.66. The second-order valence-corrected chi connectivity index (χ2v) is 4.03. The first-order valence-corrected chi connectivity index (χ1v) is 5.89. The Morgan fingerprint density at radius 3 is 2.83 bits per heavy atom. The molecule has 0 fully saturated rings. The highest BCUT2D eigenvalue weighted by Gasteiger charge is 2.04. The van der Waals surface area contributed by atoms with Crippen LogP contribution in [0.15, 0.2) is 41.5 Å². The fourth-order valence-corrected chi connectivity index (χ4v) is 1.65. The van der Waals surface area contributed by atoms with E-state index >= 15 is 0 Å². The van der Waals surface area contributed by atoms with Crippen LogP contribution < -0.4 is 10.1 Å². The number of nitrogens with zero attached hydrogens (tertiary/aromatic N) is 1. The Balaban J connectivity index is 2.06. The van der Waals surface area contributed by atoms with Gasteiger partial charge in [0.2, 0.25) is 0 Å². The fourth-order valence-electron chi connectivity index (χ4n) is 1.65. The molecule has 1 aliphatic rings. The van der Waals surface area contributed by atoms with E-state index in [4.69, 9.17) is 4.74 Å². The van der Waals surface area contributed by atoms with Crippen molar-refractivity contribution < 1.29 is 4.74 Å². The van der Waals surface area contributed by atoms with Gasteiger partial charge in [0.1, 0.15) is 5.75 Å². The van der Waals surface area contributed by atoms with E-state index in [0.717, 1.165) is 23.6 Å². The van der Waals surface area contributed by atoms with E-state index in [9.17, 15) is 0 Å². The summed E-state index contributed by atoms with van der Waals surface area (Å²) in [6.07, 6.45) is 4.71. The van der Waals surface area contributed by atoms with Crippen molar-refractivity contribution in [2.24, 2.45) is 4.99 Å². The molecule has 1 aliphatic heterocycles. The third kappa shape index (κ3) is 3.39. The second kappa shape index (κ2) is 5.92. The van der Waals surface area contributed by atoms with Crippen molar-refractivity contribution in [1.29, 1.82) is 0 Å². The van der Waals surface area contributed by atoms with Gasteiger partial charge in [-0.3, -0.25) is 0 Å². The molecule has 0 aliphatic carbocycles. The topological polar surface area (TPSA) is 33.6 Å². The molecule has 1 heterocycles. The first kappa shape index (κ1) is 12.3. The summed E-state index contributed by atoms with van der Waals surface area (Å²) in [6.45, 7) is 1.94. The summed E-state index contributed by atoms with van der Waals surface area (Å²) >= 11 is 0. The van der Waals surface area contributed by atoms with Gasteiger partial charge in [0.15, 0.2) is 0 Å². The van der Waals surface area contributed by atoms with E-state index in [1.165, 1.54) is 0 Å². The van der Waals surface area contributed by atoms with E-state index in [1.807, 2.05) is 43.5 Å². The molecule has 0 radical (unpaired) electrons. The first-order chi connectivity index (χ1) is 8.78. The van der Waals surface area contributed by atoms with Crippen LogP contribution in [0.1, 0.15) is 18.9 Å². The molecule has 18 heavy (non-hydrogen) atoms. The van der Waals surface area contributed by atoms with Gasteiger partial charge in [-0.1, -0.05) is 17.9 Å². The smallest absolute Gasteiger partial charge is 0.118 e. The predicted octanol–water partition coefficient (Wildman–Crippen LogP) is 2.34. The maximum absolute atomic E-state index is 5.11. The lowest BCUT2D eigenvalue weighted by Crippen LogP contribution is -2.30. The Morgan fingerprint density at radius 2 is 2.11 bits per heavy atom. The Kier molecular flexibility index (Phi) is 4.03. The Morgan fingerprint density at radius 1 is 1.33 bits per heavy atom. The number of nitrogens with one attached hydrogen (secondary N) is 1. The molecule has 1 aromatic rings. The van der Waals surface area contributed by atoms with Gasteiger partial charge in [-0.25, -0.2) is 4.99 Å². The Bertz CT molecular complexity index is 518. The fraction of sp³-hybridized carbons (Fsp3) is 0.267. The number of hydrogen-bond donors (Lipinski definition) is 1. The van der Waals surface area contributed by atoms with Gasteiger partial charge < -0.3 is 10.1 Å². The molecule has 1 aromatic carbocycles. The van der Waals surface area contributed by atoms with E-state index in [2.05, 4.69) is 22.2 Å². The van der Waals surface area contributed by atoms with Crippen molar-refractivity contribution in [3.05, 3.63) is 42.1 Å². The van der Waals surface area contributed by atoms with Crippen LogP contribution in [0.2, 0.25) is 0 Å². The van der Waals surface area contributed by atoms with Crippen molar-refractivity contribution in [3.8, 4) is 17.6 Å². The lowest BCUT2D eigenvalue weighted by atomic mass is 10.1. The zero-order chi connectivity index (χ0) is 12.8.